The molecule has 0 aliphatic carbocycles. The van der Waals surface area contributed by atoms with Crippen LogP contribution in [0.25, 0.3) is 0 Å². The van der Waals surface area contributed by atoms with E-state index in [0.717, 1.165) is 48.7 Å². The van der Waals surface area contributed by atoms with Crippen molar-refractivity contribution in [2.45, 2.75) is 52.4 Å². The molecule has 0 N–H and O–H groups in total. The number of benzene rings is 2. The number of alkyl halides is 4. The van der Waals surface area contributed by atoms with E-state index in [0.29, 0.717) is 22.9 Å². The minimum Gasteiger partial charge on any atom is -0.490 e. The number of rotatable bonds is 12. The van der Waals surface area contributed by atoms with Gasteiger partial charge in [-0.15, -0.1) is 0 Å². The fourth-order valence-electron chi connectivity index (χ4n) is 2.99. The highest BCUT2D eigenvalue weighted by Gasteiger charge is 2.19. The summed E-state index contributed by atoms with van der Waals surface area (Å²) in [4.78, 5) is 1.20. The lowest BCUT2D eigenvalue weighted by molar-refractivity contribution is 0.313. The SMILES string of the molecule is CCC(Br)C(Br)COc1c(Br)cc(Cc2cc(Br)c(OCC(Br)C(Br)CC)c(Br)c2)cc1Br. The minimum absolute atomic E-state index is 0.235. The smallest absolute Gasteiger partial charge is 0.147 e. The van der Waals surface area contributed by atoms with Crippen molar-refractivity contribution < 1.29 is 9.47 Å². The molecule has 4 atom stereocenters. The van der Waals surface area contributed by atoms with Crippen LogP contribution in [0, 0.1) is 0 Å². The average molecular weight is 972 g/mol. The molecule has 0 fully saturated rings. The van der Waals surface area contributed by atoms with Gasteiger partial charge < -0.3 is 9.47 Å². The maximum atomic E-state index is 6.07. The summed E-state index contributed by atoms with van der Waals surface area (Å²) in [5.41, 5.74) is 2.34. The third-order valence-corrected chi connectivity index (χ3v) is 13.0. The van der Waals surface area contributed by atoms with Crippen LogP contribution in [-0.4, -0.2) is 32.5 Å². The molecule has 2 nitrogen and oxygen atoms in total. The molecule has 0 radical (unpaired) electrons. The molecule has 2 aromatic rings. The lowest BCUT2D eigenvalue weighted by Gasteiger charge is -2.19. The largest absolute Gasteiger partial charge is 0.490 e. The Kier molecular flexibility index (Phi) is 14.4. The molecule has 0 saturated carbocycles. The Bertz CT molecular complexity index is 804. The van der Waals surface area contributed by atoms with E-state index in [2.05, 4.69) is 166 Å². The molecular weight excluding hydrogens is 947 g/mol. The van der Waals surface area contributed by atoms with Crippen LogP contribution >= 0.6 is 127 Å². The van der Waals surface area contributed by atoms with Crippen LogP contribution in [0.3, 0.4) is 0 Å². The van der Waals surface area contributed by atoms with Crippen LogP contribution in [0.15, 0.2) is 42.2 Å². The Hall–Kier alpha value is 1.88. The van der Waals surface area contributed by atoms with Gasteiger partial charge in [0.05, 0.1) is 27.5 Å². The van der Waals surface area contributed by atoms with Crippen LogP contribution in [0.4, 0.5) is 0 Å². The van der Waals surface area contributed by atoms with Gasteiger partial charge in [0.25, 0.3) is 0 Å². The van der Waals surface area contributed by atoms with Gasteiger partial charge in [0.15, 0.2) is 0 Å². The summed E-state index contributed by atoms with van der Waals surface area (Å²) in [6.45, 7) is 5.44. The quantitative estimate of drug-likeness (QED) is 0.197. The highest BCUT2D eigenvalue weighted by Crippen LogP contribution is 2.38. The zero-order chi connectivity index (χ0) is 24.7. The van der Waals surface area contributed by atoms with Gasteiger partial charge in [0, 0.05) is 9.65 Å². The molecule has 0 amide bonds. The van der Waals surface area contributed by atoms with Gasteiger partial charge in [-0.25, -0.2) is 0 Å². The Labute approximate surface area is 264 Å². The highest BCUT2D eigenvalue weighted by atomic mass is 79.9. The second kappa shape index (κ2) is 15.3. The van der Waals surface area contributed by atoms with Crippen molar-refractivity contribution in [1.82, 2.24) is 0 Å². The Morgan fingerprint density at radius 2 is 0.879 bits per heavy atom. The first-order valence-electron chi connectivity index (χ1n) is 10.3. The molecule has 0 spiro atoms. The molecule has 0 aromatic heterocycles. The third kappa shape index (κ3) is 9.60. The third-order valence-electron chi connectivity index (χ3n) is 4.86. The molecule has 184 valence electrons. The molecule has 0 bridgehead atoms. The first-order valence-corrected chi connectivity index (χ1v) is 17.2. The van der Waals surface area contributed by atoms with E-state index in [4.69, 9.17) is 9.47 Å². The van der Waals surface area contributed by atoms with Crippen molar-refractivity contribution in [3.05, 3.63) is 53.3 Å². The van der Waals surface area contributed by atoms with Gasteiger partial charge in [-0.2, -0.15) is 0 Å². The predicted octanol–water partition coefficient (Wildman–Crippen LogP) is 11.0. The van der Waals surface area contributed by atoms with Crippen molar-refractivity contribution in [1.29, 1.82) is 0 Å². The number of halogens is 8. The summed E-state index contributed by atoms with van der Waals surface area (Å²) in [5.74, 6) is 1.62. The molecular formula is C23H24Br8O2. The van der Waals surface area contributed by atoms with E-state index in [1.807, 2.05) is 0 Å². The number of ether oxygens (including phenoxy) is 2. The molecule has 4 unspecified atom stereocenters. The van der Waals surface area contributed by atoms with E-state index in [1.165, 1.54) is 11.1 Å². The van der Waals surface area contributed by atoms with Crippen LogP contribution in [-0.2, 0) is 6.42 Å². The predicted molar refractivity (Wildman–Crippen MR) is 169 cm³/mol. The zero-order valence-electron chi connectivity index (χ0n) is 18.0. The van der Waals surface area contributed by atoms with Crippen LogP contribution in [0.5, 0.6) is 11.5 Å². The van der Waals surface area contributed by atoms with Crippen LogP contribution < -0.4 is 9.47 Å². The van der Waals surface area contributed by atoms with Crippen LogP contribution in [0.1, 0.15) is 37.8 Å². The van der Waals surface area contributed by atoms with Crippen molar-refractivity contribution in [2.75, 3.05) is 13.2 Å². The van der Waals surface area contributed by atoms with Gasteiger partial charge in [-0.1, -0.05) is 77.6 Å². The van der Waals surface area contributed by atoms with E-state index in [1.54, 1.807) is 0 Å². The van der Waals surface area contributed by atoms with Crippen molar-refractivity contribution in [2.24, 2.45) is 0 Å². The molecule has 0 heterocycles. The Morgan fingerprint density at radius 1 is 0.576 bits per heavy atom. The monoisotopic (exact) mass is 964 g/mol. The normalized spacial score (nSPS) is 15.1. The summed E-state index contributed by atoms with van der Waals surface area (Å²) in [5, 5.41) is 0. The van der Waals surface area contributed by atoms with Gasteiger partial charge in [-0.3, -0.25) is 0 Å². The molecule has 2 rings (SSSR count). The summed E-state index contributed by atoms with van der Waals surface area (Å²) < 4.78 is 15.9. The summed E-state index contributed by atoms with van der Waals surface area (Å²) >= 11 is 29.4. The number of hydrogen-bond donors (Lipinski definition) is 0. The number of hydrogen-bond acceptors (Lipinski definition) is 2. The Balaban J connectivity index is 2.11. The standard InChI is InChI=1S/C23H24Br8O2/c1-3-14(24)20(30)10-32-22-16(26)6-12(7-17(22)27)5-13-8-18(28)23(19(29)9-13)33-11-21(31)15(25)4-2/h6-9,14-15,20-21H,3-5,10-11H2,1-2H3. The van der Waals surface area contributed by atoms with Gasteiger partial charge in [0.1, 0.15) is 24.7 Å². The first kappa shape index (κ1) is 31.1. The van der Waals surface area contributed by atoms with Gasteiger partial charge in [0.2, 0.25) is 0 Å². The summed E-state index contributed by atoms with van der Waals surface area (Å²) in [6.07, 6.45) is 2.83. The average Bonchev–Trinajstić information content (AvgIpc) is 2.76. The second-order valence-corrected chi connectivity index (χ2v) is 15.6. The molecule has 33 heavy (non-hydrogen) atoms. The van der Waals surface area contributed by atoms with E-state index >= 15 is 0 Å². The highest BCUT2D eigenvalue weighted by molar-refractivity contribution is 9.13. The fourth-order valence-corrected chi connectivity index (χ4v) is 7.32. The lowest BCUT2D eigenvalue weighted by Crippen LogP contribution is -2.21. The first-order chi connectivity index (χ1) is 15.6. The summed E-state index contributed by atoms with van der Waals surface area (Å²) in [7, 11) is 0. The lowest BCUT2D eigenvalue weighted by atomic mass is 10.0. The van der Waals surface area contributed by atoms with Crippen molar-refractivity contribution in [3.63, 3.8) is 0 Å². The maximum absolute atomic E-state index is 6.07. The topological polar surface area (TPSA) is 18.5 Å². The molecule has 0 saturated heterocycles. The Morgan fingerprint density at radius 3 is 1.15 bits per heavy atom. The minimum atomic E-state index is 0.235. The van der Waals surface area contributed by atoms with Crippen molar-refractivity contribution >= 4 is 127 Å². The molecule has 2 aromatic carbocycles. The van der Waals surface area contributed by atoms with Gasteiger partial charge >= 0.3 is 0 Å². The van der Waals surface area contributed by atoms with E-state index < -0.39 is 0 Å². The molecule has 10 heteroatoms. The van der Waals surface area contributed by atoms with Crippen LogP contribution in [0.2, 0.25) is 0 Å². The van der Waals surface area contributed by atoms with E-state index in [9.17, 15) is 0 Å². The zero-order valence-corrected chi connectivity index (χ0v) is 30.7. The summed E-state index contributed by atoms with van der Waals surface area (Å²) in [6, 6.07) is 8.43. The molecule has 0 aliphatic rings. The maximum Gasteiger partial charge on any atom is 0.147 e. The second-order valence-electron chi connectivity index (χ2n) is 7.46. The fraction of sp³-hybridized carbons (Fsp3) is 0.478. The molecule has 0 aliphatic heterocycles. The van der Waals surface area contributed by atoms with E-state index in [-0.39, 0.29) is 9.65 Å². The van der Waals surface area contributed by atoms with Gasteiger partial charge in [-0.05, 0) is 118 Å². The van der Waals surface area contributed by atoms with Crippen molar-refractivity contribution in [3.8, 4) is 11.5 Å².